The summed E-state index contributed by atoms with van der Waals surface area (Å²) in [6, 6.07) is 10.9. The highest BCUT2D eigenvalue weighted by molar-refractivity contribution is 6.23. The topological polar surface area (TPSA) is 101 Å². The molecular formula is C21H20FN2O5+. The van der Waals surface area contributed by atoms with Crippen molar-refractivity contribution in [1.82, 2.24) is 0 Å². The molecule has 150 valence electrons. The van der Waals surface area contributed by atoms with E-state index in [4.69, 9.17) is 4.74 Å². The van der Waals surface area contributed by atoms with Gasteiger partial charge < -0.3 is 15.2 Å². The first-order chi connectivity index (χ1) is 13.8. The van der Waals surface area contributed by atoms with E-state index in [0.717, 1.165) is 4.90 Å². The molecule has 2 aromatic rings. The second-order valence-electron chi connectivity index (χ2n) is 7.55. The number of phenols is 1. The molecule has 0 aromatic heterocycles. The first-order valence-corrected chi connectivity index (χ1v) is 9.14. The maximum absolute atomic E-state index is 13.3. The molecule has 3 N–H and O–H groups in total. The number of esters is 1. The van der Waals surface area contributed by atoms with Gasteiger partial charge in [-0.2, -0.15) is 0 Å². The van der Waals surface area contributed by atoms with Crippen LogP contribution >= 0.6 is 0 Å². The van der Waals surface area contributed by atoms with Gasteiger partial charge in [-0.15, -0.1) is 0 Å². The van der Waals surface area contributed by atoms with Gasteiger partial charge in [-0.25, -0.2) is 14.1 Å². The van der Waals surface area contributed by atoms with Crippen molar-refractivity contribution < 1.29 is 33.9 Å². The van der Waals surface area contributed by atoms with Crippen LogP contribution in [0, 0.1) is 17.7 Å². The number of fused-ring (bicyclic) bond motifs is 1. The normalized spacial score (nSPS) is 28.5. The molecular weight excluding hydrogens is 379 g/mol. The van der Waals surface area contributed by atoms with Crippen molar-refractivity contribution in [1.29, 1.82) is 0 Å². The molecule has 7 nitrogen and oxygen atoms in total. The Bertz CT molecular complexity index is 991. The molecule has 2 heterocycles. The van der Waals surface area contributed by atoms with Crippen molar-refractivity contribution in [2.24, 2.45) is 11.8 Å². The molecule has 2 amide bonds. The molecule has 0 aliphatic carbocycles. The smallest absolute Gasteiger partial charge is 0.368 e. The zero-order valence-electron chi connectivity index (χ0n) is 15.8. The quantitative estimate of drug-likeness (QED) is 0.590. The number of rotatable bonds is 3. The van der Waals surface area contributed by atoms with Gasteiger partial charge in [-0.1, -0.05) is 0 Å². The summed E-state index contributed by atoms with van der Waals surface area (Å²) in [5.41, 5.74) is -0.344. The van der Waals surface area contributed by atoms with Gasteiger partial charge in [0, 0.05) is 12.5 Å². The van der Waals surface area contributed by atoms with Crippen LogP contribution in [0.25, 0.3) is 0 Å². The molecule has 8 heteroatoms. The minimum Gasteiger partial charge on any atom is -0.508 e. The SMILES string of the molecule is COC(=O)[C@]1(C)[NH2+][C@@H](c2ccc(O)cc2)[C@H]2C(=O)N(c3ccc(F)cc3)C(=O)[C@H]21. The Hall–Kier alpha value is -3.26. The lowest BCUT2D eigenvalue weighted by Gasteiger charge is -2.25. The fourth-order valence-electron chi connectivity index (χ4n) is 4.52. The van der Waals surface area contributed by atoms with Crippen LogP contribution in [0.5, 0.6) is 5.75 Å². The van der Waals surface area contributed by atoms with Crippen LogP contribution < -0.4 is 10.2 Å². The van der Waals surface area contributed by atoms with Gasteiger partial charge in [-0.05, 0) is 48.5 Å². The van der Waals surface area contributed by atoms with Crippen LogP contribution in [0.1, 0.15) is 18.5 Å². The zero-order chi connectivity index (χ0) is 20.9. The molecule has 2 saturated heterocycles. The fourth-order valence-corrected chi connectivity index (χ4v) is 4.52. The third-order valence-corrected chi connectivity index (χ3v) is 5.90. The van der Waals surface area contributed by atoms with E-state index < -0.39 is 47.0 Å². The molecule has 0 unspecified atom stereocenters. The Morgan fingerprint density at radius 1 is 1.10 bits per heavy atom. The Kier molecular flexibility index (Phi) is 4.38. The first-order valence-electron chi connectivity index (χ1n) is 9.14. The molecule has 0 spiro atoms. The van der Waals surface area contributed by atoms with Gasteiger partial charge >= 0.3 is 5.97 Å². The van der Waals surface area contributed by atoms with E-state index in [2.05, 4.69) is 0 Å². The van der Waals surface area contributed by atoms with Crippen molar-refractivity contribution in [2.75, 3.05) is 12.0 Å². The lowest BCUT2D eigenvalue weighted by molar-refractivity contribution is -0.730. The van der Waals surface area contributed by atoms with E-state index in [1.54, 1.807) is 24.4 Å². The van der Waals surface area contributed by atoms with Crippen LogP contribution in [-0.2, 0) is 19.1 Å². The van der Waals surface area contributed by atoms with Crippen molar-refractivity contribution in [2.45, 2.75) is 18.5 Å². The summed E-state index contributed by atoms with van der Waals surface area (Å²) in [5, 5.41) is 11.3. The van der Waals surface area contributed by atoms with E-state index in [1.165, 1.54) is 43.5 Å². The maximum Gasteiger partial charge on any atom is 0.368 e. The van der Waals surface area contributed by atoms with Gasteiger partial charge in [0.2, 0.25) is 17.4 Å². The number of anilines is 1. The largest absolute Gasteiger partial charge is 0.508 e. The molecule has 4 rings (SSSR count). The molecule has 2 aliphatic heterocycles. The second-order valence-corrected chi connectivity index (χ2v) is 7.55. The molecule has 2 aromatic carbocycles. The number of hydrogen-bond donors (Lipinski definition) is 2. The number of hydrogen-bond acceptors (Lipinski definition) is 5. The number of nitrogens with zero attached hydrogens (tertiary/aromatic N) is 1. The predicted octanol–water partition coefficient (Wildman–Crippen LogP) is 0.887. The van der Waals surface area contributed by atoms with E-state index in [-0.39, 0.29) is 11.4 Å². The van der Waals surface area contributed by atoms with Crippen molar-refractivity contribution >= 4 is 23.5 Å². The van der Waals surface area contributed by atoms with Crippen LogP contribution in [0.2, 0.25) is 0 Å². The Morgan fingerprint density at radius 2 is 1.72 bits per heavy atom. The van der Waals surface area contributed by atoms with Gasteiger partial charge in [0.05, 0.1) is 12.8 Å². The summed E-state index contributed by atoms with van der Waals surface area (Å²) in [6.07, 6.45) is 0. The lowest BCUT2D eigenvalue weighted by Crippen LogP contribution is -2.97. The van der Waals surface area contributed by atoms with Gasteiger partial charge in [0.25, 0.3) is 0 Å². The fraction of sp³-hybridized carbons (Fsp3) is 0.286. The van der Waals surface area contributed by atoms with Gasteiger partial charge in [0.1, 0.15) is 29.4 Å². The number of amides is 2. The van der Waals surface area contributed by atoms with E-state index in [9.17, 15) is 23.9 Å². The number of ether oxygens (including phenoxy) is 1. The standard InChI is InChI=1S/C21H19FN2O5/c1-21(20(28)29-2)16-15(17(23-21)11-3-9-14(25)10-4-11)18(26)24(19(16)27)13-7-5-12(22)6-8-13/h3-10,15-17,23,25H,1-2H3/p+1/t15-,16-,17-,21+/m0/s1. The highest BCUT2D eigenvalue weighted by Crippen LogP contribution is 2.45. The summed E-state index contributed by atoms with van der Waals surface area (Å²) in [4.78, 5) is 40.3. The van der Waals surface area contributed by atoms with Crippen LogP contribution in [-0.4, -0.2) is 35.5 Å². The van der Waals surface area contributed by atoms with Crippen molar-refractivity contribution in [3.8, 4) is 5.75 Å². The van der Waals surface area contributed by atoms with Gasteiger partial charge in [-0.3, -0.25) is 9.59 Å². The van der Waals surface area contributed by atoms with E-state index in [0.29, 0.717) is 5.56 Å². The molecule has 4 atom stereocenters. The molecule has 0 radical (unpaired) electrons. The minimum atomic E-state index is -1.30. The number of halogens is 1. The van der Waals surface area contributed by atoms with Crippen molar-refractivity contribution in [3.05, 3.63) is 59.9 Å². The zero-order valence-corrected chi connectivity index (χ0v) is 15.8. The van der Waals surface area contributed by atoms with E-state index >= 15 is 0 Å². The third kappa shape index (κ3) is 2.79. The Morgan fingerprint density at radius 3 is 2.31 bits per heavy atom. The monoisotopic (exact) mass is 399 g/mol. The predicted molar refractivity (Wildman–Crippen MR) is 99.1 cm³/mol. The van der Waals surface area contributed by atoms with Crippen LogP contribution in [0.3, 0.4) is 0 Å². The number of benzene rings is 2. The molecule has 2 aliphatic rings. The summed E-state index contributed by atoms with van der Waals surface area (Å²) >= 11 is 0. The molecule has 0 saturated carbocycles. The summed E-state index contributed by atoms with van der Waals surface area (Å²) < 4.78 is 18.3. The number of carbonyl (C=O) groups excluding carboxylic acids is 3. The number of phenolic OH excluding ortho intramolecular Hbond substituents is 1. The summed E-state index contributed by atoms with van der Waals surface area (Å²) in [5.74, 6) is -3.72. The Labute approximate surface area is 166 Å². The maximum atomic E-state index is 13.3. The highest BCUT2D eigenvalue weighted by atomic mass is 19.1. The lowest BCUT2D eigenvalue weighted by atomic mass is 9.80. The van der Waals surface area contributed by atoms with Gasteiger partial charge in [0.15, 0.2) is 0 Å². The summed E-state index contributed by atoms with van der Waals surface area (Å²) in [7, 11) is 1.24. The number of methoxy groups -OCH3 is 1. The third-order valence-electron chi connectivity index (χ3n) is 5.90. The second kappa shape index (κ2) is 6.66. The molecule has 0 bridgehead atoms. The summed E-state index contributed by atoms with van der Waals surface area (Å²) in [6.45, 7) is 1.59. The number of carbonyl (C=O) groups is 3. The average molecular weight is 399 g/mol. The number of aromatic hydroxyl groups is 1. The number of quaternary nitrogens is 1. The van der Waals surface area contributed by atoms with Crippen LogP contribution in [0.15, 0.2) is 48.5 Å². The Balaban J connectivity index is 1.81. The number of nitrogens with two attached hydrogens (primary N) is 1. The van der Waals surface area contributed by atoms with Crippen molar-refractivity contribution in [3.63, 3.8) is 0 Å². The van der Waals surface area contributed by atoms with Crippen LogP contribution in [0.4, 0.5) is 10.1 Å². The first kappa shape index (κ1) is 19.1. The molecule has 2 fully saturated rings. The molecule has 29 heavy (non-hydrogen) atoms. The number of imide groups is 1. The highest BCUT2D eigenvalue weighted by Gasteiger charge is 2.70. The van der Waals surface area contributed by atoms with E-state index in [1.807, 2.05) is 0 Å². The minimum absolute atomic E-state index is 0.0702. The average Bonchev–Trinajstić information content (AvgIpc) is 3.17.